The van der Waals surface area contributed by atoms with Crippen molar-refractivity contribution >= 4 is 46.9 Å². The molecule has 0 unspecified atom stereocenters. The van der Waals surface area contributed by atoms with Crippen LogP contribution in [-0.2, 0) is 12.6 Å². The molecule has 0 saturated carbocycles. The van der Waals surface area contributed by atoms with Gasteiger partial charge in [0.1, 0.15) is 0 Å². The van der Waals surface area contributed by atoms with Gasteiger partial charge in [0.15, 0.2) is 0 Å². The molecule has 0 fully saturated rings. The zero-order valence-electron chi connectivity index (χ0n) is 10.6. The maximum absolute atomic E-state index is 5.06. The normalized spacial score (nSPS) is 9.89. The summed E-state index contributed by atoms with van der Waals surface area (Å²) in [6.07, 6.45) is 1.65. The Labute approximate surface area is 166 Å². The molecule has 0 atom stereocenters. The Morgan fingerprint density at radius 2 is 1.53 bits per heavy atom. The van der Waals surface area contributed by atoms with Crippen molar-refractivity contribution in [1.82, 2.24) is 0 Å². The molecule has 0 spiro atoms. The van der Waals surface area contributed by atoms with Gasteiger partial charge in [-0.15, -0.1) is 0 Å². The van der Waals surface area contributed by atoms with E-state index in [1.807, 2.05) is 60.7 Å². The van der Waals surface area contributed by atoms with Crippen LogP contribution in [0.4, 0.5) is 11.4 Å². The summed E-state index contributed by atoms with van der Waals surface area (Å²) in [5, 5.41) is 0. The second-order valence-corrected chi connectivity index (χ2v) is 4.58. The number of para-hydroxylation sites is 2. The third kappa shape index (κ3) is 5.39. The minimum Gasteiger partial charge on any atom is -0.411 e. The first-order valence-corrected chi connectivity index (χ1v) is 6.23. The van der Waals surface area contributed by atoms with Crippen LogP contribution < -0.4 is 56.3 Å². The Morgan fingerprint density at radius 1 is 1.00 bits per heavy atom. The van der Waals surface area contributed by atoms with Crippen molar-refractivity contribution in [3.05, 3.63) is 60.7 Å². The quantitative estimate of drug-likeness (QED) is 0.273. The smallest absolute Gasteiger partial charge is 0.411 e. The summed E-state index contributed by atoms with van der Waals surface area (Å²) in [6.45, 7) is 0. The molecule has 19 heavy (non-hydrogen) atoms. The molecule has 5 heteroatoms. The number of rotatable bonds is 3. The largest absolute Gasteiger partial charge is 1.00 e. The van der Waals surface area contributed by atoms with Gasteiger partial charge in [-0.2, -0.15) is 0 Å². The van der Waals surface area contributed by atoms with Gasteiger partial charge < -0.3 is 29.7 Å². The van der Waals surface area contributed by atoms with Crippen molar-refractivity contribution in [1.29, 1.82) is 0 Å². The molecular weight excluding hydrogens is 299 g/mol. The molecule has 0 heterocycles. The fourth-order valence-electron chi connectivity index (χ4n) is 1.45. The zero-order valence-corrected chi connectivity index (χ0v) is 15.3. The van der Waals surface area contributed by atoms with E-state index in [0.29, 0.717) is 4.32 Å². The molecule has 0 radical (unpaired) electrons. The van der Waals surface area contributed by atoms with Crippen LogP contribution in [-0.4, -0.2) is 10.7 Å². The Hall–Kier alpha value is -0.144. The molecule has 0 aromatic heterocycles. The SMILES string of the molecule is S=C([S-])N(C=Nc1ccccc1)c1ccccc1.[K+]. The molecule has 90 valence electrons. The van der Waals surface area contributed by atoms with Crippen molar-refractivity contribution in [2.75, 3.05) is 4.90 Å². The van der Waals surface area contributed by atoms with Gasteiger partial charge in [0.05, 0.1) is 12.0 Å². The monoisotopic (exact) mass is 310 g/mol. The first-order valence-electron chi connectivity index (χ1n) is 5.42. The van der Waals surface area contributed by atoms with E-state index in [-0.39, 0.29) is 51.4 Å². The molecule has 0 aliphatic rings. The maximum Gasteiger partial charge on any atom is 1.00 e. The maximum atomic E-state index is 5.06. The summed E-state index contributed by atoms with van der Waals surface area (Å²) in [5.41, 5.74) is 1.78. The molecule has 0 amide bonds. The molecule has 0 bridgehead atoms. The predicted octanol–water partition coefficient (Wildman–Crippen LogP) is 0.689. The third-order valence-corrected chi connectivity index (χ3v) is 2.70. The van der Waals surface area contributed by atoms with Gasteiger partial charge >= 0.3 is 51.4 Å². The Morgan fingerprint density at radius 3 is 2.05 bits per heavy atom. The van der Waals surface area contributed by atoms with Gasteiger partial charge in [-0.3, -0.25) is 0 Å². The van der Waals surface area contributed by atoms with Crippen LogP contribution in [0.15, 0.2) is 65.7 Å². The van der Waals surface area contributed by atoms with E-state index in [1.54, 1.807) is 11.2 Å². The van der Waals surface area contributed by atoms with Gasteiger partial charge in [0.2, 0.25) is 0 Å². The molecule has 0 aliphatic heterocycles. The Bertz CT molecular complexity index is 544. The molecule has 0 saturated heterocycles. The molecule has 2 aromatic carbocycles. The number of hydrogen-bond acceptors (Lipinski definition) is 3. The fourth-order valence-corrected chi connectivity index (χ4v) is 1.75. The molecule has 2 rings (SSSR count). The standard InChI is InChI=1S/C14H12N2S2.K/c17-14(18)16(13-9-5-2-6-10-13)11-15-12-7-3-1-4-8-12;/h1-11H,(H,17,18);/q;+1/p-1. The van der Waals surface area contributed by atoms with E-state index in [0.717, 1.165) is 11.4 Å². The van der Waals surface area contributed by atoms with Gasteiger partial charge in [-0.05, 0) is 24.3 Å². The van der Waals surface area contributed by atoms with E-state index in [9.17, 15) is 0 Å². The topological polar surface area (TPSA) is 15.6 Å². The molecule has 2 aromatic rings. The number of nitrogens with zero attached hydrogens (tertiary/aromatic N) is 2. The fraction of sp³-hybridized carbons (Fsp3) is 0. The zero-order chi connectivity index (χ0) is 12.8. The minimum atomic E-state index is 0. The Balaban J connectivity index is 0.00000180. The van der Waals surface area contributed by atoms with Crippen LogP contribution in [0, 0.1) is 0 Å². The second-order valence-electron chi connectivity index (χ2n) is 3.55. The van der Waals surface area contributed by atoms with E-state index in [1.165, 1.54) is 0 Å². The summed E-state index contributed by atoms with van der Waals surface area (Å²) in [7, 11) is 0. The van der Waals surface area contributed by atoms with Crippen molar-refractivity contribution in [2.24, 2.45) is 4.99 Å². The van der Waals surface area contributed by atoms with Gasteiger partial charge in [-0.25, -0.2) is 4.99 Å². The summed E-state index contributed by atoms with van der Waals surface area (Å²) >= 11 is 10.1. The van der Waals surface area contributed by atoms with Crippen LogP contribution in [0.25, 0.3) is 0 Å². The van der Waals surface area contributed by atoms with E-state index in [4.69, 9.17) is 24.8 Å². The van der Waals surface area contributed by atoms with Crippen LogP contribution in [0.5, 0.6) is 0 Å². The second kappa shape index (κ2) is 8.91. The molecule has 2 nitrogen and oxygen atoms in total. The van der Waals surface area contributed by atoms with Crippen LogP contribution in [0.3, 0.4) is 0 Å². The predicted molar refractivity (Wildman–Crippen MR) is 83.5 cm³/mol. The summed E-state index contributed by atoms with van der Waals surface area (Å²) in [4.78, 5) is 6.06. The number of aliphatic imine (C=N–C) groups is 1. The average Bonchev–Trinajstić information content (AvgIpc) is 2.41. The van der Waals surface area contributed by atoms with Crippen molar-refractivity contribution in [3.8, 4) is 0 Å². The van der Waals surface area contributed by atoms with Crippen molar-refractivity contribution in [3.63, 3.8) is 0 Å². The van der Waals surface area contributed by atoms with E-state index < -0.39 is 0 Å². The summed E-state index contributed by atoms with van der Waals surface area (Å²) < 4.78 is 0.348. The van der Waals surface area contributed by atoms with Crippen molar-refractivity contribution in [2.45, 2.75) is 0 Å². The number of hydrogen-bond donors (Lipinski definition) is 0. The number of thiocarbonyl (C=S) groups is 1. The van der Waals surface area contributed by atoms with Gasteiger partial charge in [-0.1, -0.05) is 40.7 Å². The first-order chi connectivity index (χ1) is 8.77. The van der Waals surface area contributed by atoms with Crippen LogP contribution >= 0.6 is 12.2 Å². The molecular formula is C14H11KN2S2. The Kier molecular flexibility index (Phi) is 7.93. The van der Waals surface area contributed by atoms with Crippen LogP contribution in [0.2, 0.25) is 0 Å². The van der Waals surface area contributed by atoms with E-state index in [2.05, 4.69) is 4.99 Å². The van der Waals surface area contributed by atoms with Gasteiger partial charge in [0.25, 0.3) is 0 Å². The molecule has 0 aliphatic carbocycles. The minimum absolute atomic E-state index is 0. The van der Waals surface area contributed by atoms with Crippen molar-refractivity contribution < 1.29 is 51.4 Å². The number of anilines is 1. The van der Waals surface area contributed by atoms with E-state index >= 15 is 0 Å². The summed E-state index contributed by atoms with van der Waals surface area (Å²) in [5.74, 6) is 0. The first kappa shape index (κ1) is 16.9. The van der Waals surface area contributed by atoms with Gasteiger partial charge in [0, 0.05) is 5.69 Å². The molecule has 0 N–H and O–H groups in total. The number of benzene rings is 2. The summed E-state index contributed by atoms with van der Waals surface area (Å²) in [6, 6.07) is 19.4. The average molecular weight is 310 g/mol. The van der Waals surface area contributed by atoms with Crippen LogP contribution in [0.1, 0.15) is 0 Å². The third-order valence-electron chi connectivity index (χ3n) is 2.31.